The van der Waals surface area contributed by atoms with Gasteiger partial charge in [0.25, 0.3) is 5.91 Å². The van der Waals surface area contributed by atoms with E-state index in [2.05, 4.69) is 17.0 Å². The molecule has 0 radical (unpaired) electrons. The van der Waals surface area contributed by atoms with Crippen LogP contribution < -0.4 is 5.73 Å². The van der Waals surface area contributed by atoms with Crippen molar-refractivity contribution < 1.29 is 34.8 Å². The molecule has 0 aromatic heterocycles. The molecule has 2 aromatic rings. The molecule has 4 aliphatic rings. The second kappa shape index (κ2) is 10.1. The van der Waals surface area contributed by atoms with Crippen molar-refractivity contribution in [2.45, 2.75) is 43.9 Å². The van der Waals surface area contributed by atoms with Crippen LogP contribution in [0.1, 0.15) is 40.7 Å². The first-order chi connectivity index (χ1) is 19.9. The van der Waals surface area contributed by atoms with Gasteiger partial charge in [-0.2, -0.15) is 0 Å². The highest BCUT2D eigenvalue weighted by Crippen LogP contribution is 2.53. The number of likely N-dealkylation sites (tertiary alicyclic amines) is 1. The molecule has 10 nitrogen and oxygen atoms in total. The second-order valence-electron chi connectivity index (χ2n) is 12.1. The van der Waals surface area contributed by atoms with Gasteiger partial charge in [-0.25, -0.2) is 0 Å². The molecular weight excluding hydrogens is 538 g/mol. The number of phenols is 1. The molecule has 6 N–H and O–H groups in total. The van der Waals surface area contributed by atoms with E-state index in [4.69, 9.17) is 5.73 Å². The largest absolute Gasteiger partial charge is 0.510 e. The molecule has 1 saturated heterocycles. The van der Waals surface area contributed by atoms with Gasteiger partial charge < -0.3 is 26.2 Å². The number of allylic oxidation sites excluding steroid dienone is 1. The maximum Gasteiger partial charge on any atom is 0.255 e. The number of aliphatic hydroxyl groups is 3. The van der Waals surface area contributed by atoms with Gasteiger partial charge in [0.1, 0.15) is 22.8 Å². The van der Waals surface area contributed by atoms with Crippen molar-refractivity contribution in [3.63, 3.8) is 0 Å². The van der Waals surface area contributed by atoms with Crippen LogP contribution in [0.25, 0.3) is 11.1 Å². The van der Waals surface area contributed by atoms with Gasteiger partial charge in [0.2, 0.25) is 5.78 Å². The van der Waals surface area contributed by atoms with Gasteiger partial charge >= 0.3 is 0 Å². The number of carbonyl (C=O) groups excluding carboxylic acids is 3. The number of primary amides is 1. The molecule has 3 aliphatic carbocycles. The number of ketones is 2. The molecule has 0 spiro atoms. The SMILES string of the molecule is CN(C)[C@H]1C(O)=C(C(N)=O)C(=O)[C@@]2(O)C(O)=C3C(=O)c4c(O)ccc(-c5ccc(CN6CCCC6)cc5)c4C[C@H]3C[C@@H]12. The van der Waals surface area contributed by atoms with E-state index in [0.717, 1.165) is 30.8 Å². The first-order valence-electron chi connectivity index (χ1n) is 14.3. The van der Waals surface area contributed by atoms with Crippen molar-refractivity contribution >= 4 is 17.5 Å². The van der Waals surface area contributed by atoms with Crippen molar-refractivity contribution in [1.82, 2.24) is 9.80 Å². The van der Waals surface area contributed by atoms with E-state index in [1.54, 1.807) is 20.2 Å². The number of phenolic OH excluding ortho intramolecular Hbond substituents is 1. The summed E-state index contributed by atoms with van der Waals surface area (Å²) >= 11 is 0. The topological polar surface area (TPSA) is 165 Å². The fourth-order valence-corrected chi connectivity index (χ4v) is 7.51. The number of likely N-dealkylation sites (N-methyl/N-ethyl adjacent to an activating group) is 1. The number of nitrogens with two attached hydrogens (primary N) is 1. The minimum atomic E-state index is -2.65. The molecule has 0 saturated carbocycles. The number of amides is 1. The number of hydrogen-bond acceptors (Lipinski definition) is 9. The van der Waals surface area contributed by atoms with Crippen LogP contribution in [0.5, 0.6) is 5.75 Å². The highest BCUT2D eigenvalue weighted by molar-refractivity contribution is 6.24. The van der Waals surface area contributed by atoms with Crippen molar-refractivity contribution in [1.29, 1.82) is 0 Å². The Morgan fingerprint density at radius 2 is 1.71 bits per heavy atom. The minimum absolute atomic E-state index is 0.00873. The summed E-state index contributed by atoms with van der Waals surface area (Å²) in [7, 11) is 3.22. The van der Waals surface area contributed by atoms with Crippen molar-refractivity contribution in [3.05, 3.63) is 75.8 Å². The Balaban J connectivity index is 1.43. The Bertz CT molecular complexity index is 1570. The van der Waals surface area contributed by atoms with Crippen molar-refractivity contribution in [3.8, 4) is 16.9 Å². The summed E-state index contributed by atoms with van der Waals surface area (Å²) in [6.07, 6.45) is 2.72. The fraction of sp³-hybridized carbons (Fsp3) is 0.406. The second-order valence-corrected chi connectivity index (χ2v) is 12.1. The van der Waals surface area contributed by atoms with Gasteiger partial charge in [0, 0.05) is 18.0 Å². The van der Waals surface area contributed by atoms with E-state index in [1.165, 1.54) is 29.4 Å². The monoisotopic (exact) mass is 573 g/mol. The molecule has 42 heavy (non-hydrogen) atoms. The van der Waals surface area contributed by atoms with E-state index >= 15 is 0 Å². The van der Waals surface area contributed by atoms with Crippen LogP contribution in [0.3, 0.4) is 0 Å². The van der Waals surface area contributed by atoms with E-state index in [9.17, 15) is 34.8 Å². The summed E-state index contributed by atoms with van der Waals surface area (Å²) in [4.78, 5) is 43.5. The third-order valence-corrected chi connectivity index (χ3v) is 9.48. The molecule has 2 aromatic carbocycles. The number of nitrogens with zero attached hydrogens (tertiary/aromatic N) is 2. The maximum atomic E-state index is 14.0. The number of hydrogen-bond donors (Lipinski definition) is 5. The molecule has 1 heterocycles. The zero-order chi connectivity index (χ0) is 30.1. The summed E-state index contributed by atoms with van der Waals surface area (Å²) in [6, 6.07) is 10.3. The Kier molecular flexibility index (Phi) is 6.75. The molecule has 10 heteroatoms. The van der Waals surface area contributed by atoms with E-state index in [0.29, 0.717) is 5.56 Å². The normalized spacial score (nSPS) is 27.8. The van der Waals surface area contributed by atoms with Gasteiger partial charge in [-0.3, -0.25) is 24.2 Å². The highest BCUT2D eigenvalue weighted by Gasteiger charge is 2.63. The quantitative estimate of drug-likeness (QED) is 0.338. The molecule has 1 aliphatic heterocycles. The lowest BCUT2D eigenvalue weighted by Gasteiger charge is -2.50. The predicted octanol–water partition coefficient (Wildman–Crippen LogP) is 2.38. The number of aromatic hydroxyl groups is 1. The molecule has 0 bridgehead atoms. The van der Waals surface area contributed by atoms with Gasteiger partial charge in [-0.05, 0) is 87.1 Å². The summed E-state index contributed by atoms with van der Waals surface area (Å²) in [6.45, 7) is 3.05. The summed E-state index contributed by atoms with van der Waals surface area (Å²) in [5.41, 5.74) is 5.21. The van der Waals surface area contributed by atoms with Crippen LogP contribution in [0.4, 0.5) is 0 Å². The highest BCUT2D eigenvalue weighted by atomic mass is 16.3. The lowest BCUT2D eigenvalue weighted by atomic mass is 9.58. The zero-order valence-electron chi connectivity index (χ0n) is 23.6. The van der Waals surface area contributed by atoms with E-state index < -0.39 is 58.0 Å². The van der Waals surface area contributed by atoms with E-state index in [1.807, 2.05) is 12.1 Å². The maximum absolute atomic E-state index is 14.0. The van der Waals surface area contributed by atoms with Crippen LogP contribution in [-0.2, 0) is 22.6 Å². The fourth-order valence-electron chi connectivity index (χ4n) is 7.51. The molecular formula is C32H35N3O7. The zero-order valence-corrected chi connectivity index (χ0v) is 23.6. The number of aliphatic hydroxyl groups excluding tert-OH is 2. The Labute approximate surface area is 243 Å². The average molecular weight is 574 g/mol. The number of benzene rings is 2. The molecule has 1 fully saturated rings. The molecule has 6 rings (SSSR count). The average Bonchev–Trinajstić information content (AvgIpc) is 3.44. The van der Waals surface area contributed by atoms with Crippen LogP contribution in [-0.4, -0.2) is 86.5 Å². The number of rotatable bonds is 5. The Hall–Kier alpha value is -3.99. The number of carbonyl (C=O) groups is 3. The minimum Gasteiger partial charge on any atom is -0.510 e. The predicted molar refractivity (Wildman–Crippen MR) is 154 cm³/mol. The Morgan fingerprint density at radius 3 is 2.33 bits per heavy atom. The smallest absolute Gasteiger partial charge is 0.255 e. The summed E-state index contributed by atoms with van der Waals surface area (Å²) in [5.74, 6) is -6.58. The van der Waals surface area contributed by atoms with Crippen LogP contribution in [0.15, 0.2) is 59.1 Å². The Morgan fingerprint density at radius 1 is 1.05 bits per heavy atom. The van der Waals surface area contributed by atoms with Gasteiger partial charge in [-0.15, -0.1) is 0 Å². The summed E-state index contributed by atoms with van der Waals surface area (Å²) < 4.78 is 0. The first-order valence-corrected chi connectivity index (χ1v) is 14.3. The van der Waals surface area contributed by atoms with E-state index in [-0.39, 0.29) is 29.7 Å². The molecule has 4 atom stereocenters. The van der Waals surface area contributed by atoms with Gasteiger partial charge in [-0.1, -0.05) is 30.3 Å². The lowest BCUT2D eigenvalue weighted by Crippen LogP contribution is -2.63. The first kappa shape index (κ1) is 28.1. The van der Waals surface area contributed by atoms with Crippen molar-refractivity contribution in [2.24, 2.45) is 17.6 Å². The third kappa shape index (κ3) is 4.08. The number of fused-ring (bicyclic) bond motifs is 3. The molecule has 1 amide bonds. The lowest BCUT2D eigenvalue weighted by molar-refractivity contribution is -0.148. The standard InChI is InChI=1S/C32H35N3O7/c1-34(2)26-21-14-18-13-20-19(17-7-5-16(6-8-17)15-35-11-3-4-12-35)9-10-22(36)24(20)27(37)23(18)29(39)32(21,42)30(40)25(28(26)38)31(33)41/h5-10,18,21,26,36,38-39,42H,3-4,11-15H2,1-2H3,(H2,33,41)/t18-,21-,26+,32-/m0/s1. The van der Waals surface area contributed by atoms with Gasteiger partial charge in [0.05, 0.1) is 11.6 Å². The van der Waals surface area contributed by atoms with Crippen LogP contribution in [0, 0.1) is 11.8 Å². The molecule has 220 valence electrons. The van der Waals surface area contributed by atoms with Gasteiger partial charge in [0.15, 0.2) is 11.4 Å². The number of Topliss-reactive ketones (excluding diaryl/α,β-unsaturated/α-hetero) is 2. The summed E-state index contributed by atoms with van der Waals surface area (Å²) in [5, 5.41) is 45.0. The van der Waals surface area contributed by atoms with Crippen LogP contribution >= 0.6 is 0 Å². The van der Waals surface area contributed by atoms with Crippen LogP contribution in [0.2, 0.25) is 0 Å². The third-order valence-electron chi connectivity index (χ3n) is 9.48. The van der Waals surface area contributed by atoms with Crippen molar-refractivity contribution in [2.75, 3.05) is 27.2 Å². The molecule has 0 unspecified atom stereocenters.